The van der Waals surface area contributed by atoms with Gasteiger partial charge in [0.25, 0.3) is 5.91 Å². The van der Waals surface area contributed by atoms with E-state index in [1.54, 1.807) is 18.2 Å². The number of carbonyl (C=O) groups excluding carboxylic acids is 1. The van der Waals surface area contributed by atoms with E-state index in [4.69, 9.17) is 9.47 Å². The highest BCUT2D eigenvalue weighted by molar-refractivity contribution is 6.06. The first-order chi connectivity index (χ1) is 12.0. The van der Waals surface area contributed by atoms with E-state index in [9.17, 15) is 10.1 Å². The minimum absolute atomic E-state index is 0.00164. The first-order valence-corrected chi connectivity index (χ1v) is 8.42. The van der Waals surface area contributed by atoms with Crippen LogP contribution in [0.25, 0.3) is 0 Å². The number of methoxy groups -OCH3 is 2. The molecule has 1 aromatic carbocycles. The molecule has 0 spiro atoms. The van der Waals surface area contributed by atoms with Crippen LogP contribution in [0.5, 0.6) is 11.5 Å². The first-order valence-electron chi connectivity index (χ1n) is 8.42. The molecule has 0 saturated heterocycles. The summed E-state index contributed by atoms with van der Waals surface area (Å²) in [6, 6.07) is 6.96. The second kappa shape index (κ2) is 8.61. The molecule has 0 bridgehead atoms. The molecule has 0 aliphatic heterocycles. The molecule has 142 valence electrons. The van der Waals surface area contributed by atoms with Crippen molar-refractivity contribution >= 4 is 11.6 Å². The molecule has 0 aliphatic rings. The van der Waals surface area contributed by atoms with Crippen molar-refractivity contribution in [2.24, 2.45) is 5.41 Å². The van der Waals surface area contributed by atoms with E-state index >= 15 is 0 Å². The molecular formula is C20H29N3O3. The number of nitrogens with one attached hydrogen (secondary N) is 2. The molecule has 0 aromatic heterocycles. The molecule has 6 heteroatoms. The third-order valence-electron chi connectivity index (χ3n) is 3.59. The number of hydrogen-bond donors (Lipinski definition) is 2. The van der Waals surface area contributed by atoms with Crippen LogP contribution in [-0.2, 0) is 4.79 Å². The molecule has 6 nitrogen and oxygen atoms in total. The smallest absolute Gasteiger partial charge is 0.267 e. The van der Waals surface area contributed by atoms with Crippen LogP contribution >= 0.6 is 0 Å². The van der Waals surface area contributed by atoms with Crippen LogP contribution in [-0.4, -0.2) is 25.7 Å². The van der Waals surface area contributed by atoms with Gasteiger partial charge in [0, 0.05) is 23.5 Å². The maximum atomic E-state index is 12.4. The topological polar surface area (TPSA) is 83.4 Å². The normalized spacial score (nSPS) is 12.2. The predicted molar refractivity (Wildman–Crippen MR) is 103 cm³/mol. The first kappa shape index (κ1) is 21.4. The fourth-order valence-electron chi connectivity index (χ4n) is 2.91. The average Bonchev–Trinajstić information content (AvgIpc) is 2.52. The van der Waals surface area contributed by atoms with Gasteiger partial charge in [0.15, 0.2) is 11.5 Å². The summed E-state index contributed by atoms with van der Waals surface area (Å²) in [4.78, 5) is 12.4. The number of anilines is 1. The van der Waals surface area contributed by atoms with E-state index in [0.29, 0.717) is 17.2 Å². The van der Waals surface area contributed by atoms with Gasteiger partial charge in [-0.15, -0.1) is 0 Å². The zero-order valence-electron chi connectivity index (χ0n) is 16.7. The van der Waals surface area contributed by atoms with Crippen molar-refractivity contribution in [3.63, 3.8) is 0 Å². The monoisotopic (exact) mass is 359 g/mol. The number of nitrogens with zero attached hydrogens (tertiary/aromatic N) is 1. The van der Waals surface area contributed by atoms with Gasteiger partial charge >= 0.3 is 0 Å². The molecule has 1 rings (SSSR count). The Kier molecular flexibility index (Phi) is 7.08. The van der Waals surface area contributed by atoms with Crippen LogP contribution in [0.1, 0.15) is 41.0 Å². The Bertz CT molecular complexity index is 710. The van der Waals surface area contributed by atoms with Crippen molar-refractivity contribution in [1.29, 1.82) is 5.26 Å². The molecule has 2 N–H and O–H groups in total. The second-order valence-corrected chi connectivity index (χ2v) is 7.96. The Morgan fingerprint density at radius 2 is 1.77 bits per heavy atom. The molecule has 0 radical (unpaired) electrons. The standard InChI is InChI=1S/C20H29N3O3/c1-19(2,3)13-20(4,5)22-12-14(11-21)18(24)23-15-8-9-16(25-6)17(10-15)26-7/h8-10,12,22H,13H2,1-7H3,(H,23,24)/b14-12-. The Hall–Kier alpha value is -2.68. The van der Waals surface area contributed by atoms with Gasteiger partial charge in [0.1, 0.15) is 11.6 Å². The lowest BCUT2D eigenvalue weighted by molar-refractivity contribution is -0.112. The van der Waals surface area contributed by atoms with Gasteiger partial charge in [-0.2, -0.15) is 5.26 Å². The van der Waals surface area contributed by atoms with Crippen molar-refractivity contribution in [1.82, 2.24) is 5.32 Å². The van der Waals surface area contributed by atoms with Crippen molar-refractivity contribution in [2.75, 3.05) is 19.5 Å². The number of carbonyl (C=O) groups is 1. The Morgan fingerprint density at radius 3 is 2.27 bits per heavy atom. The minimum Gasteiger partial charge on any atom is -0.493 e. The molecule has 0 heterocycles. The maximum Gasteiger partial charge on any atom is 0.267 e. The second-order valence-electron chi connectivity index (χ2n) is 7.96. The van der Waals surface area contributed by atoms with E-state index < -0.39 is 5.91 Å². The van der Waals surface area contributed by atoms with E-state index in [2.05, 4.69) is 31.4 Å². The van der Waals surface area contributed by atoms with Gasteiger partial charge in [0.2, 0.25) is 0 Å². The predicted octanol–water partition coefficient (Wildman–Crippen LogP) is 3.85. The van der Waals surface area contributed by atoms with E-state index in [-0.39, 0.29) is 16.5 Å². The summed E-state index contributed by atoms with van der Waals surface area (Å²) in [6.45, 7) is 10.5. The summed E-state index contributed by atoms with van der Waals surface area (Å²) in [6.07, 6.45) is 2.36. The molecule has 0 unspecified atom stereocenters. The summed E-state index contributed by atoms with van der Waals surface area (Å²) >= 11 is 0. The van der Waals surface area contributed by atoms with Gasteiger partial charge in [-0.1, -0.05) is 20.8 Å². The molecule has 0 aliphatic carbocycles. The van der Waals surface area contributed by atoms with Crippen molar-refractivity contribution in [3.05, 3.63) is 30.0 Å². The van der Waals surface area contributed by atoms with Crippen LogP contribution in [0.2, 0.25) is 0 Å². The van der Waals surface area contributed by atoms with Crippen LogP contribution in [0, 0.1) is 16.7 Å². The van der Waals surface area contributed by atoms with Crippen LogP contribution in [0.15, 0.2) is 30.0 Å². The summed E-state index contributed by atoms with van der Waals surface area (Å²) in [7, 11) is 3.06. The number of rotatable bonds is 7. The molecule has 26 heavy (non-hydrogen) atoms. The van der Waals surface area contributed by atoms with Gasteiger partial charge in [0.05, 0.1) is 14.2 Å². The van der Waals surface area contributed by atoms with E-state index in [1.165, 1.54) is 20.4 Å². The fraction of sp³-hybridized carbons (Fsp3) is 0.500. The van der Waals surface area contributed by atoms with Gasteiger partial charge in [-0.05, 0) is 37.8 Å². The SMILES string of the molecule is COc1ccc(NC(=O)/C(C#N)=C\NC(C)(C)CC(C)(C)C)cc1OC. The van der Waals surface area contributed by atoms with Crippen LogP contribution < -0.4 is 20.1 Å². The van der Waals surface area contributed by atoms with Crippen LogP contribution in [0.3, 0.4) is 0 Å². The highest BCUT2D eigenvalue weighted by Crippen LogP contribution is 2.30. The molecular weight excluding hydrogens is 330 g/mol. The average molecular weight is 359 g/mol. The number of benzene rings is 1. The summed E-state index contributed by atoms with van der Waals surface area (Å²) in [5.74, 6) is 0.572. The zero-order chi connectivity index (χ0) is 20.0. The molecule has 0 fully saturated rings. The highest BCUT2D eigenvalue weighted by atomic mass is 16.5. The Labute approximate surface area is 156 Å². The molecule has 0 atom stereocenters. The number of amides is 1. The Balaban J connectivity index is 2.88. The van der Waals surface area contributed by atoms with Gasteiger partial charge in [-0.3, -0.25) is 4.79 Å². The van der Waals surface area contributed by atoms with Gasteiger partial charge < -0.3 is 20.1 Å². The maximum absolute atomic E-state index is 12.4. The Morgan fingerprint density at radius 1 is 1.15 bits per heavy atom. The number of hydrogen-bond acceptors (Lipinski definition) is 5. The summed E-state index contributed by atoms with van der Waals surface area (Å²) < 4.78 is 10.4. The van der Waals surface area contributed by atoms with Crippen molar-refractivity contribution in [3.8, 4) is 17.6 Å². The number of ether oxygens (including phenoxy) is 2. The van der Waals surface area contributed by atoms with E-state index in [1.807, 2.05) is 19.9 Å². The summed E-state index contributed by atoms with van der Waals surface area (Å²) in [5.41, 5.74) is 0.396. The third kappa shape index (κ3) is 6.67. The van der Waals surface area contributed by atoms with E-state index in [0.717, 1.165) is 6.42 Å². The highest BCUT2D eigenvalue weighted by Gasteiger charge is 2.24. The minimum atomic E-state index is -0.487. The number of nitriles is 1. The van der Waals surface area contributed by atoms with Crippen LogP contribution in [0.4, 0.5) is 5.69 Å². The fourth-order valence-corrected chi connectivity index (χ4v) is 2.91. The van der Waals surface area contributed by atoms with Crippen molar-refractivity contribution in [2.45, 2.75) is 46.6 Å². The summed E-state index contributed by atoms with van der Waals surface area (Å²) in [5, 5.41) is 15.2. The van der Waals surface area contributed by atoms with Crippen molar-refractivity contribution < 1.29 is 14.3 Å². The molecule has 1 amide bonds. The third-order valence-corrected chi connectivity index (χ3v) is 3.59. The lowest BCUT2D eigenvalue weighted by atomic mass is 9.82. The quantitative estimate of drug-likeness (QED) is 0.571. The van der Waals surface area contributed by atoms with Gasteiger partial charge in [-0.25, -0.2) is 0 Å². The lowest BCUT2D eigenvalue weighted by Gasteiger charge is -2.33. The molecule has 1 aromatic rings. The zero-order valence-corrected chi connectivity index (χ0v) is 16.7. The largest absolute Gasteiger partial charge is 0.493 e. The lowest BCUT2D eigenvalue weighted by Crippen LogP contribution is -2.39. The molecule has 0 saturated carbocycles.